The number of hydrogen-bond donors (Lipinski definition) is 1. The number of likely N-dealkylation sites (N-methyl/N-ethyl adjacent to an activating group) is 1. The van der Waals surface area contributed by atoms with Gasteiger partial charge >= 0.3 is 0 Å². The first-order chi connectivity index (χ1) is 11.8. The minimum Gasteiger partial charge on any atom is -0.345 e. The maximum absolute atomic E-state index is 5.98. The molecule has 0 amide bonds. The number of aromatic nitrogens is 4. The fourth-order valence-electron chi connectivity index (χ4n) is 3.24. The topological polar surface area (TPSA) is 51.3 Å². The third kappa shape index (κ3) is 2.72. The van der Waals surface area contributed by atoms with E-state index in [1.165, 1.54) is 6.54 Å². The Bertz CT molecular complexity index is 836. The Morgan fingerprint density at radius 1 is 1.12 bits per heavy atom. The summed E-state index contributed by atoms with van der Waals surface area (Å²) >= 11 is 5.98. The van der Waals surface area contributed by atoms with E-state index in [9.17, 15) is 0 Å². The van der Waals surface area contributed by atoms with E-state index in [0.717, 1.165) is 48.7 Å². The molecule has 0 bridgehead atoms. The van der Waals surface area contributed by atoms with Gasteiger partial charge in [0.15, 0.2) is 5.65 Å². The van der Waals surface area contributed by atoms with Gasteiger partial charge in [0.2, 0.25) is 0 Å². The van der Waals surface area contributed by atoms with Crippen LogP contribution in [0.15, 0.2) is 36.8 Å². The first-order valence-electron chi connectivity index (χ1n) is 8.29. The molecule has 24 heavy (non-hydrogen) atoms. The van der Waals surface area contributed by atoms with Gasteiger partial charge in [-0.15, -0.1) is 0 Å². The molecule has 1 N–H and O–H groups in total. The molecule has 1 aliphatic rings. The summed E-state index contributed by atoms with van der Waals surface area (Å²) in [6, 6.07) is 7.61. The molecule has 2 aromatic heterocycles. The van der Waals surface area contributed by atoms with Crippen LogP contribution in [0.4, 0.5) is 5.82 Å². The van der Waals surface area contributed by atoms with Gasteiger partial charge in [0.25, 0.3) is 0 Å². The molecule has 7 heteroatoms. The number of quaternary nitrogens is 1. The number of hydrogen-bond acceptors (Lipinski definition) is 4. The molecule has 3 aromatic rings. The monoisotopic (exact) mass is 343 g/mol. The maximum atomic E-state index is 5.98. The normalized spacial score (nSPS) is 16.0. The van der Waals surface area contributed by atoms with Crippen LogP contribution in [0.25, 0.3) is 16.7 Å². The Kier molecular flexibility index (Phi) is 4.08. The van der Waals surface area contributed by atoms with Crippen molar-refractivity contribution in [3.05, 3.63) is 41.8 Å². The lowest BCUT2D eigenvalue weighted by Gasteiger charge is -2.32. The summed E-state index contributed by atoms with van der Waals surface area (Å²) in [5.74, 6) is 0.982. The van der Waals surface area contributed by atoms with Gasteiger partial charge in [0.1, 0.15) is 12.1 Å². The Morgan fingerprint density at radius 2 is 1.88 bits per heavy atom. The first-order valence-corrected chi connectivity index (χ1v) is 8.67. The first kappa shape index (κ1) is 15.4. The lowest BCUT2D eigenvalue weighted by atomic mass is 10.2. The molecule has 4 rings (SSSR count). The van der Waals surface area contributed by atoms with Crippen LogP contribution < -0.4 is 9.80 Å². The third-order valence-corrected chi connectivity index (χ3v) is 4.94. The molecule has 0 aliphatic carbocycles. The largest absolute Gasteiger partial charge is 0.345 e. The molecule has 0 unspecified atom stereocenters. The van der Waals surface area contributed by atoms with Gasteiger partial charge < -0.3 is 9.80 Å². The van der Waals surface area contributed by atoms with Gasteiger partial charge in [-0.2, -0.15) is 5.10 Å². The van der Waals surface area contributed by atoms with Crippen molar-refractivity contribution in [2.45, 2.75) is 6.92 Å². The fourth-order valence-corrected chi connectivity index (χ4v) is 3.37. The Balaban J connectivity index is 1.70. The smallest absolute Gasteiger partial charge is 0.168 e. The highest BCUT2D eigenvalue weighted by Crippen LogP contribution is 2.25. The quantitative estimate of drug-likeness (QED) is 0.776. The number of piperazine rings is 1. The number of rotatable bonds is 3. The fraction of sp³-hybridized carbons (Fsp3) is 0.353. The molecule has 0 atom stereocenters. The molecule has 3 heterocycles. The van der Waals surface area contributed by atoms with Gasteiger partial charge in [0, 0.05) is 5.02 Å². The highest BCUT2D eigenvalue weighted by Gasteiger charge is 2.22. The molecular formula is C17H20ClN6+. The molecule has 1 aliphatic heterocycles. The number of nitrogens with one attached hydrogen (secondary N) is 1. The zero-order valence-electron chi connectivity index (χ0n) is 13.6. The number of fused-ring (bicyclic) bond motifs is 1. The van der Waals surface area contributed by atoms with E-state index in [4.69, 9.17) is 11.6 Å². The molecule has 1 aromatic carbocycles. The minimum atomic E-state index is 0.710. The zero-order valence-corrected chi connectivity index (χ0v) is 14.4. The summed E-state index contributed by atoms with van der Waals surface area (Å²) in [5, 5.41) is 6.22. The highest BCUT2D eigenvalue weighted by atomic mass is 35.5. The van der Waals surface area contributed by atoms with E-state index in [1.54, 1.807) is 11.2 Å². The Hall–Kier alpha value is -2.18. The number of anilines is 1. The van der Waals surface area contributed by atoms with Gasteiger partial charge in [0.05, 0.1) is 50.0 Å². The number of benzene rings is 1. The highest BCUT2D eigenvalue weighted by molar-refractivity contribution is 6.30. The summed E-state index contributed by atoms with van der Waals surface area (Å²) in [4.78, 5) is 13.0. The summed E-state index contributed by atoms with van der Waals surface area (Å²) < 4.78 is 1.84. The molecule has 124 valence electrons. The summed E-state index contributed by atoms with van der Waals surface area (Å²) in [7, 11) is 0. The second-order valence-electron chi connectivity index (χ2n) is 6.06. The van der Waals surface area contributed by atoms with Crippen molar-refractivity contribution in [1.82, 2.24) is 19.7 Å². The van der Waals surface area contributed by atoms with E-state index >= 15 is 0 Å². The summed E-state index contributed by atoms with van der Waals surface area (Å²) in [6.45, 7) is 7.75. The molecule has 0 radical (unpaired) electrons. The van der Waals surface area contributed by atoms with E-state index in [2.05, 4.69) is 26.9 Å². The van der Waals surface area contributed by atoms with Crippen molar-refractivity contribution in [1.29, 1.82) is 0 Å². The predicted molar refractivity (Wildman–Crippen MR) is 95.1 cm³/mol. The van der Waals surface area contributed by atoms with Crippen molar-refractivity contribution in [2.75, 3.05) is 37.6 Å². The standard InChI is InChI=1S/C17H19ClN6/c1-2-22-7-9-23(10-8-22)16-15-11-21-24(17(15)20-12-19-16)14-5-3-13(18)4-6-14/h3-6,11-12H,2,7-10H2,1H3/p+1. The summed E-state index contributed by atoms with van der Waals surface area (Å²) in [5.41, 5.74) is 1.77. The van der Waals surface area contributed by atoms with Crippen LogP contribution in [0.5, 0.6) is 0 Å². The average Bonchev–Trinajstić information content (AvgIpc) is 3.07. The van der Waals surface area contributed by atoms with Crippen molar-refractivity contribution in [3.8, 4) is 5.69 Å². The van der Waals surface area contributed by atoms with Gasteiger partial charge in [-0.25, -0.2) is 14.6 Å². The number of halogens is 1. The van der Waals surface area contributed by atoms with Crippen LogP contribution in [0.1, 0.15) is 6.92 Å². The number of nitrogens with zero attached hydrogens (tertiary/aromatic N) is 5. The van der Waals surface area contributed by atoms with Crippen molar-refractivity contribution >= 4 is 28.5 Å². The molecule has 6 nitrogen and oxygen atoms in total. The van der Waals surface area contributed by atoms with E-state index in [0.29, 0.717) is 5.02 Å². The van der Waals surface area contributed by atoms with E-state index in [1.807, 2.05) is 35.1 Å². The van der Waals surface area contributed by atoms with Gasteiger partial charge in [-0.3, -0.25) is 0 Å². The lowest BCUT2D eigenvalue weighted by Crippen LogP contribution is -3.14. The van der Waals surface area contributed by atoms with Crippen LogP contribution in [0, 0.1) is 0 Å². The maximum Gasteiger partial charge on any atom is 0.168 e. The van der Waals surface area contributed by atoms with Gasteiger partial charge in [-0.05, 0) is 31.2 Å². The predicted octanol–water partition coefficient (Wildman–Crippen LogP) is 1.19. The van der Waals surface area contributed by atoms with Crippen LogP contribution in [0.2, 0.25) is 5.02 Å². The molecule has 0 saturated carbocycles. The van der Waals surface area contributed by atoms with Crippen LogP contribution in [0.3, 0.4) is 0 Å². The molecule has 0 spiro atoms. The second kappa shape index (κ2) is 6.37. The van der Waals surface area contributed by atoms with Crippen LogP contribution in [-0.2, 0) is 0 Å². The van der Waals surface area contributed by atoms with E-state index < -0.39 is 0 Å². The average molecular weight is 344 g/mol. The Morgan fingerprint density at radius 3 is 2.58 bits per heavy atom. The third-order valence-electron chi connectivity index (χ3n) is 4.69. The molecule has 1 saturated heterocycles. The minimum absolute atomic E-state index is 0.710. The SMILES string of the molecule is CC[NH+]1CCN(c2ncnc3c2cnn3-c2ccc(Cl)cc2)CC1. The van der Waals surface area contributed by atoms with Crippen LogP contribution in [-0.4, -0.2) is 52.5 Å². The van der Waals surface area contributed by atoms with Gasteiger partial charge in [-0.1, -0.05) is 11.6 Å². The second-order valence-corrected chi connectivity index (χ2v) is 6.49. The Labute approximate surface area is 145 Å². The summed E-state index contributed by atoms with van der Waals surface area (Å²) in [6.07, 6.45) is 3.49. The van der Waals surface area contributed by atoms with E-state index in [-0.39, 0.29) is 0 Å². The van der Waals surface area contributed by atoms with Crippen molar-refractivity contribution in [3.63, 3.8) is 0 Å². The zero-order chi connectivity index (χ0) is 16.5. The van der Waals surface area contributed by atoms with Crippen molar-refractivity contribution in [2.24, 2.45) is 0 Å². The molecular weight excluding hydrogens is 324 g/mol. The lowest BCUT2D eigenvalue weighted by molar-refractivity contribution is -0.898. The van der Waals surface area contributed by atoms with Crippen molar-refractivity contribution < 1.29 is 4.90 Å². The molecule has 1 fully saturated rings. The van der Waals surface area contributed by atoms with Crippen LogP contribution >= 0.6 is 11.6 Å².